The highest BCUT2D eigenvalue weighted by molar-refractivity contribution is 6.30. The average Bonchev–Trinajstić information content (AvgIpc) is 3.12. The zero-order chi connectivity index (χ0) is 16.3. The Hall–Kier alpha value is -1.56. The first-order chi connectivity index (χ1) is 11.1. The Balaban J connectivity index is 0.00000208. The first-order valence-corrected chi connectivity index (χ1v) is 8.20. The third-order valence-electron chi connectivity index (χ3n) is 4.45. The molecule has 1 aromatic carbocycles. The highest BCUT2D eigenvalue weighted by Crippen LogP contribution is 2.29. The molecule has 130 valence electrons. The van der Waals surface area contributed by atoms with Crippen molar-refractivity contribution in [2.24, 2.45) is 0 Å². The number of amides is 1. The Bertz CT molecular complexity index is 652. The standard InChI is InChI=1S/C17H21ClN4O.ClH/c1-21(13-14-3-5-15(18)6-4-14)16(23)17(7-10-19-11-8-17)22-12-2-9-20-22;/h2-6,9,12,19H,7-8,10-11,13H2,1H3;1H. The second-order valence-electron chi connectivity index (χ2n) is 6.02. The van der Waals surface area contributed by atoms with Gasteiger partial charge in [-0.1, -0.05) is 23.7 Å². The molecule has 7 heteroatoms. The number of halogens is 2. The van der Waals surface area contributed by atoms with Crippen molar-refractivity contribution in [3.8, 4) is 0 Å². The van der Waals surface area contributed by atoms with Crippen LogP contribution in [-0.2, 0) is 16.9 Å². The monoisotopic (exact) mass is 368 g/mol. The third kappa shape index (κ3) is 3.74. The van der Waals surface area contributed by atoms with Gasteiger partial charge in [0.05, 0.1) is 0 Å². The molecule has 0 atom stereocenters. The van der Waals surface area contributed by atoms with E-state index in [0.717, 1.165) is 31.5 Å². The minimum Gasteiger partial charge on any atom is -0.339 e. The second kappa shape index (κ2) is 8.01. The fourth-order valence-corrected chi connectivity index (χ4v) is 3.32. The number of piperidine rings is 1. The Morgan fingerprint density at radius 2 is 2.00 bits per heavy atom. The van der Waals surface area contributed by atoms with E-state index in [2.05, 4.69) is 10.4 Å². The molecule has 1 aliphatic heterocycles. The van der Waals surface area contributed by atoms with Crippen molar-refractivity contribution >= 4 is 29.9 Å². The van der Waals surface area contributed by atoms with Crippen LogP contribution in [0.1, 0.15) is 18.4 Å². The number of likely N-dealkylation sites (N-methyl/N-ethyl adjacent to an activating group) is 1. The minimum atomic E-state index is -0.587. The second-order valence-corrected chi connectivity index (χ2v) is 6.46. The van der Waals surface area contributed by atoms with Crippen LogP contribution in [0.25, 0.3) is 0 Å². The summed E-state index contributed by atoms with van der Waals surface area (Å²) >= 11 is 5.92. The van der Waals surface area contributed by atoms with Crippen molar-refractivity contribution in [1.29, 1.82) is 0 Å². The third-order valence-corrected chi connectivity index (χ3v) is 4.70. The number of carbonyl (C=O) groups excluding carboxylic acids is 1. The lowest BCUT2D eigenvalue weighted by molar-refractivity contribution is -0.142. The average molecular weight is 369 g/mol. The van der Waals surface area contributed by atoms with E-state index in [9.17, 15) is 4.79 Å². The highest BCUT2D eigenvalue weighted by Gasteiger charge is 2.43. The lowest BCUT2D eigenvalue weighted by Crippen LogP contribution is -2.54. The van der Waals surface area contributed by atoms with Gasteiger partial charge >= 0.3 is 0 Å². The number of nitrogens with one attached hydrogen (secondary N) is 1. The van der Waals surface area contributed by atoms with Crippen LogP contribution in [0.2, 0.25) is 5.02 Å². The molecule has 0 aliphatic carbocycles. The zero-order valence-electron chi connectivity index (χ0n) is 13.6. The fraction of sp³-hybridized carbons (Fsp3) is 0.412. The van der Waals surface area contributed by atoms with Crippen LogP contribution < -0.4 is 5.32 Å². The smallest absolute Gasteiger partial charge is 0.250 e. The summed E-state index contributed by atoms with van der Waals surface area (Å²) in [7, 11) is 1.85. The van der Waals surface area contributed by atoms with E-state index in [0.29, 0.717) is 11.6 Å². The molecular formula is C17H22Cl2N4O. The van der Waals surface area contributed by atoms with Gasteiger partial charge in [0.1, 0.15) is 5.54 Å². The highest BCUT2D eigenvalue weighted by atomic mass is 35.5. The van der Waals surface area contributed by atoms with Crippen molar-refractivity contribution in [2.75, 3.05) is 20.1 Å². The molecule has 0 bridgehead atoms. The van der Waals surface area contributed by atoms with Gasteiger partial charge in [-0.2, -0.15) is 5.10 Å². The predicted octanol–water partition coefficient (Wildman–Crippen LogP) is 2.70. The van der Waals surface area contributed by atoms with Crippen molar-refractivity contribution in [2.45, 2.75) is 24.9 Å². The molecule has 0 saturated carbocycles. The van der Waals surface area contributed by atoms with Crippen LogP contribution in [0.15, 0.2) is 42.7 Å². The summed E-state index contributed by atoms with van der Waals surface area (Å²) < 4.78 is 1.83. The van der Waals surface area contributed by atoms with E-state index in [1.165, 1.54) is 0 Å². The molecule has 1 aliphatic rings. The molecule has 1 N–H and O–H groups in total. The van der Waals surface area contributed by atoms with Gasteiger partial charge in [-0.3, -0.25) is 9.48 Å². The molecule has 5 nitrogen and oxygen atoms in total. The molecule has 1 fully saturated rings. The van der Waals surface area contributed by atoms with E-state index in [4.69, 9.17) is 11.6 Å². The van der Waals surface area contributed by atoms with Gasteiger partial charge in [-0.25, -0.2) is 0 Å². The first kappa shape index (κ1) is 18.8. The van der Waals surface area contributed by atoms with Crippen molar-refractivity contribution in [3.63, 3.8) is 0 Å². The van der Waals surface area contributed by atoms with Crippen molar-refractivity contribution in [3.05, 3.63) is 53.3 Å². The van der Waals surface area contributed by atoms with E-state index in [-0.39, 0.29) is 18.3 Å². The summed E-state index contributed by atoms with van der Waals surface area (Å²) in [6.07, 6.45) is 5.12. The number of carbonyl (C=O) groups is 1. The number of aromatic nitrogens is 2. The number of benzene rings is 1. The zero-order valence-corrected chi connectivity index (χ0v) is 15.2. The van der Waals surface area contributed by atoms with Crippen LogP contribution in [0.4, 0.5) is 0 Å². The number of rotatable bonds is 4. The van der Waals surface area contributed by atoms with Crippen LogP contribution in [-0.4, -0.2) is 40.7 Å². The van der Waals surface area contributed by atoms with Gasteiger partial charge in [0.2, 0.25) is 0 Å². The summed E-state index contributed by atoms with van der Waals surface area (Å²) in [5, 5.41) is 8.39. The van der Waals surface area contributed by atoms with Gasteiger partial charge in [0, 0.05) is 31.0 Å². The van der Waals surface area contributed by atoms with Crippen LogP contribution in [0.3, 0.4) is 0 Å². The molecule has 1 saturated heterocycles. The number of hydrogen-bond donors (Lipinski definition) is 1. The van der Waals surface area contributed by atoms with Gasteiger partial charge in [-0.05, 0) is 49.7 Å². The Morgan fingerprint density at radius 1 is 1.33 bits per heavy atom. The molecule has 1 aromatic heterocycles. The van der Waals surface area contributed by atoms with Gasteiger partial charge < -0.3 is 10.2 Å². The normalized spacial score (nSPS) is 16.2. The Morgan fingerprint density at radius 3 is 2.58 bits per heavy atom. The van der Waals surface area contributed by atoms with E-state index >= 15 is 0 Å². The van der Waals surface area contributed by atoms with E-state index in [1.54, 1.807) is 11.1 Å². The Labute approximate surface area is 153 Å². The van der Waals surface area contributed by atoms with Crippen molar-refractivity contribution in [1.82, 2.24) is 20.0 Å². The van der Waals surface area contributed by atoms with Gasteiger partial charge in [-0.15, -0.1) is 12.4 Å². The number of nitrogens with zero attached hydrogens (tertiary/aromatic N) is 3. The van der Waals surface area contributed by atoms with E-state index in [1.807, 2.05) is 48.3 Å². The predicted molar refractivity (Wildman–Crippen MR) is 97.5 cm³/mol. The first-order valence-electron chi connectivity index (χ1n) is 7.83. The molecular weight excluding hydrogens is 347 g/mol. The van der Waals surface area contributed by atoms with Crippen LogP contribution in [0.5, 0.6) is 0 Å². The van der Waals surface area contributed by atoms with Gasteiger partial charge in [0.25, 0.3) is 5.91 Å². The fourth-order valence-electron chi connectivity index (χ4n) is 3.19. The largest absolute Gasteiger partial charge is 0.339 e. The van der Waals surface area contributed by atoms with Gasteiger partial charge in [0.15, 0.2) is 0 Å². The maximum absolute atomic E-state index is 13.2. The minimum absolute atomic E-state index is 0. The molecule has 2 heterocycles. The number of hydrogen-bond acceptors (Lipinski definition) is 3. The molecule has 2 aromatic rings. The maximum Gasteiger partial charge on any atom is 0.250 e. The Kier molecular flexibility index (Phi) is 6.27. The molecule has 3 rings (SSSR count). The maximum atomic E-state index is 13.2. The van der Waals surface area contributed by atoms with Crippen molar-refractivity contribution < 1.29 is 4.79 Å². The topological polar surface area (TPSA) is 50.2 Å². The summed E-state index contributed by atoms with van der Waals surface area (Å²) in [5.41, 5.74) is 0.477. The SMILES string of the molecule is CN(Cc1ccc(Cl)cc1)C(=O)C1(n2cccn2)CCNCC1.Cl. The van der Waals surface area contributed by atoms with Crippen LogP contribution >= 0.6 is 24.0 Å². The lowest BCUT2D eigenvalue weighted by atomic mass is 9.86. The van der Waals surface area contributed by atoms with E-state index < -0.39 is 5.54 Å². The van der Waals surface area contributed by atoms with Crippen LogP contribution in [0, 0.1) is 0 Å². The summed E-state index contributed by atoms with van der Waals surface area (Å²) in [4.78, 5) is 15.0. The molecule has 0 spiro atoms. The molecule has 24 heavy (non-hydrogen) atoms. The quantitative estimate of drug-likeness (QED) is 0.902. The molecule has 0 radical (unpaired) electrons. The summed E-state index contributed by atoms with van der Waals surface area (Å²) in [6, 6.07) is 9.48. The lowest BCUT2D eigenvalue weighted by Gasteiger charge is -2.39. The molecule has 1 amide bonds. The summed E-state index contributed by atoms with van der Waals surface area (Å²) in [6.45, 7) is 2.20. The molecule has 0 unspecified atom stereocenters. The summed E-state index contributed by atoms with van der Waals surface area (Å²) in [5.74, 6) is 0.109.